The summed E-state index contributed by atoms with van der Waals surface area (Å²) in [5.74, 6) is -0.540. The highest BCUT2D eigenvalue weighted by Gasteiger charge is 2.16. The van der Waals surface area contributed by atoms with Gasteiger partial charge in [-0.2, -0.15) is 10.2 Å². The number of rotatable bonds is 7. The highest BCUT2D eigenvalue weighted by atomic mass is 19.1. The lowest BCUT2D eigenvalue weighted by atomic mass is 10.0. The van der Waals surface area contributed by atoms with Crippen molar-refractivity contribution in [3.05, 3.63) is 60.4 Å². The molecular formula is C21H21FN6O2. The average Bonchev–Trinajstić information content (AvgIpc) is 3.31. The summed E-state index contributed by atoms with van der Waals surface area (Å²) in [5, 5.41) is 12.3. The zero-order chi connectivity index (χ0) is 21.1. The minimum Gasteiger partial charge on any atom is -0.360 e. The molecule has 1 amide bonds. The number of nitrogens with zero attached hydrogens (tertiary/aromatic N) is 5. The maximum absolute atomic E-state index is 13.3. The van der Waals surface area contributed by atoms with Gasteiger partial charge in [0.1, 0.15) is 19.1 Å². The van der Waals surface area contributed by atoms with Gasteiger partial charge >= 0.3 is 0 Å². The van der Waals surface area contributed by atoms with Crippen molar-refractivity contribution in [3.8, 4) is 11.1 Å². The molecule has 0 aliphatic carbocycles. The largest absolute Gasteiger partial charge is 0.360 e. The van der Waals surface area contributed by atoms with Gasteiger partial charge in [-0.25, -0.2) is 18.7 Å². The lowest BCUT2D eigenvalue weighted by molar-refractivity contribution is -0.116. The molecule has 0 bridgehead atoms. The second kappa shape index (κ2) is 8.42. The molecule has 154 valence electrons. The lowest BCUT2D eigenvalue weighted by Crippen LogP contribution is -2.19. The van der Waals surface area contributed by atoms with Crippen LogP contribution in [0.3, 0.4) is 0 Å². The molecule has 3 heterocycles. The first-order valence-electron chi connectivity index (χ1n) is 9.53. The van der Waals surface area contributed by atoms with E-state index in [-0.39, 0.29) is 18.3 Å². The topological polar surface area (TPSA) is 86.9 Å². The number of hydrogen-bond donors (Lipinski definition) is 1. The Kier molecular flexibility index (Phi) is 5.53. The van der Waals surface area contributed by atoms with E-state index in [0.717, 1.165) is 22.2 Å². The van der Waals surface area contributed by atoms with Gasteiger partial charge in [-0.05, 0) is 43.2 Å². The summed E-state index contributed by atoms with van der Waals surface area (Å²) in [5.41, 5.74) is 3.66. The van der Waals surface area contributed by atoms with E-state index >= 15 is 0 Å². The molecule has 8 nitrogen and oxygen atoms in total. The van der Waals surface area contributed by atoms with Crippen molar-refractivity contribution >= 4 is 22.6 Å². The Hall–Kier alpha value is -3.59. The third kappa shape index (κ3) is 4.06. The Balaban J connectivity index is 1.56. The van der Waals surface area contributed by atoms with Crippen molar-refractivity contribution in [2.24, 2.45) is 0 Å². The molecule has 0 fully saturated rings. The normalized spacial score (nSPS) is 11.2. The van der Waals surface area contributed by atoms with Crippen LogP contribution in [0.5, 0.6) is 0 Å². The van der Waals surface area contributed by atoms with E-state index in [4.69, 9.17) is 4.74 Å². The summed E-state index contributed by atoms with van der Waals surface area (Å²) in [7, 11) is 0. The van der Waals surface area contributed by atoms with Gasteiger partial charge in [0.15, 0.2) is 5.65 Å². The van der Waals surface area contributed by atoms with Gasteiger partial charge in [-0.15, -0.1) is 0 Å². The van der Waals surface area contributed by atoms with E-state index in [1.807, 2.05) is 19.9 Å². The molecule has 4 aromatic rings. The first-order chi connectivity index (χ1) is 14.5. The Labute approximate surface area is 172 Å². The fourth-order valence-corrected chi connectivity index (χ4v) is 3.28. The van der Waals surface area contributed by atoms with Crippen LogP contribution in [0.25, 0.3) is 22.2 Å². The number of hydrogen-bond acceptors (Lipinski definition) is 5. The number of aryl methyl sites for hydroxylation is 1. The quantitative estimate of drug-likeness (QED) is 0.507. The van der Waals surface area contributed by atoms with Gasteiger partial charge in [0, 0.05) is 18.2 Å². The van der Waals surface area contributed by atoms with Gasteiger partial charge in [0.05, 0.1) is 23.8 Å². The summed E-state index contributed by atoms with van der Waals surface area (Å²) < 4.78 is 21.7. The van der Waals surface area contributed by atoms with Crippen molar-refractivity contribution in [3.63, 3.8) is 0 Å². The first kappa shape index (κ1) is 19.7. The highest BCUT2D eigenvalue weighted by molar-refractivity contribution is 5.96. The summed E-state index contributed by atoms with van der Waals surface area (Å²) in [6.07, 6.45) is 4.92. The van der Waals surface area contributed by atoms with E-state index in [1.165, 1.54) is 12.1 Å². The number of halogens is 1. The number of ether oxygens (including phenoxy) is 1. The monoisotopic (exact) mass is 408 g/mol. The third-order valence-corrected chi connectivity index (χ3v) is 4.60. The number of nitrogens with one attached hydrogen (secondary N) is 1. The Bertz CT molecular complexity index is 1180. The van der Waals surface area contributed by atoms with E-state index in [1.54, 1.807) is 40.1 Å². The van der Waals surface area contributed by atoms with Crippen LogP contribution in [-0.2, 0) is 22.8 Å². The minimum absolute atomic E-state index is 0.000844. The molecule has 30 heavy (non-hydrogen) atoms. The maximum Gasteiger partial charge on any atom is 0.246 e. The lowest BCUT2D eigenvalue weighted by Gasteiger charge is -2.06. The zero-order valence-corrected chi connectivity index (χ0v) is 16.7. The number of anilines is 1. The zero-order valence-electron chi connectivity index (χ0n) is 16.7. The molecule has 0 saturated heterocycles. The van der Waals surface area contributed by atoms with Gasteiger partial charge < -0.3 is 10.1 Å². The average molecular weight is 408 g/mol. The van der Waals surface area contributed by atoms with Gasteiger partial charge in [0.2, 0.25) is 5.91 Å². The molecule has 0 unspecified atom stereocenters. The van der Waals surface area contributed by atoms with Crippen LogP contribution in [0.15, 0.2) is 48.9 Å². The van der Waals surface area contributed by atoms with E-state index in [9.17, 15) is 9.18 Å². The molecule has 0 radical (unpaired) electrons. The number of fused-ring (bicyclic) bond motifs is 1. The van der Waals surface area contributed by atoms with Crippen LogP contribution in [0.2, 0.25) is 0 Å². The Morgan fingerprint density at radius 2 is 2.03 bits per heavy atom. The maximum atomic E-state index is 13.3. The molecular weight excluding hydrogens is 387 g/mol. The third-order valence-electron chi connectivity index (χ3n) is 4.60. The second-order valence-corrected chi connectivity index (χ2v) is 6.75. The van der Waals surface area contributed by atoms with E-state index in [0.29, 0.717) is 24.7 Å². The van der Waals surface area contributed by atoms with Crippen LogP contribution >= 0.6 is 0 Å². The summed E-state index contributed by atoms with van der Waals surface area (Å²) in [6, 6.07) is 8.13. The molecule has 1 aromatic carbocycles. The van der Waals surface area contributed by atoms with Crippen molar-refractivity contribution in [2.45, 2.75) is 27.1 Å². The Morgan fingerprint density at radius 3 is 2.80 bits per heavy atom. The van der Waals surface area contributed by atoms with Crippen LogP contribution in [0.4, 0.5) is 10.1 Å². The molecule has 0 saturated carbocycles. The van der Waals surface area contributed by atoms with Gasteiger partial charge in [-0.3, -0.25) is 4.79 Å². The van der Waals surface area contributed by atoms with Crippen molar-refractivity contribution < 1.29 is 13.9 Å². The number of amides is 1. The van der Waals surface area contributed by atoms with Crippen LogP contribution < -0.4 is 5.32 Å². The molecule has 0 aliphatic heterocycles. The van der Waals surface area contributed by atoms with Crippen LogP contribution in [0.1, 0.15) is 12.6 Å². The summed E-state index contributed by atoms with van der Waals surface area (Å²) in [6.45, 7) is 4.67. The molecule has 4 rings (SSSR count). The number of pyridine rings is 1. The standard InChI is InChI=1S/C21H21FN6O2/c1-3-30-13-27-11-17(10-24-27)25-19(29)12-28-21-20(14(2)26-28)18(8-9-23-21)15-4-6-16(22)7-5-15/h4-11H,3,12-13H2,1-2H3,(H,25,29). The number of carbonyl (C=O) groups excluding carboxylic acids is 1. The molecule has 0 aliphatic rings. The Morgan fingerprint density at radius 1 is 1.23 bits per heavy atom. The smallest absolute Gasteiger partial charge is 0.246 e. The number of carbonyl (C=O) groups is 1. The van der Waals surface area contributed by atoms with Crippen molar-refractivity contribution in [1.29, 1.82) is 0 Å². The van der Waals surface area contributed by atoms with Crippen molar-refractivity contribution in [2.75, 3.05) is 11.9 Å². The fraction of sp³-hybridized carbons (Fsp3) is 0.238. The predicted octanol–water partition coefficient (Wildman–Crippen LogP) is 3.38. The van der Waals surface area contributed by atoms with Gasteiger partial charge in [0.25, 0.3) is 0 Å². The SMILES string of the molecule is CCOCn1cc(NC(=O)Cn2nc(C)c3c(-c4ccc(F)cc4)ccnc32)cn1. The van der Waals surface area contributed by atoms with Crippen LogP contribution in [-0.4, -0.2) is 37.1 Å². The predicted molar refractivity (Wildman–Crippen MR) is 110 cm³/mol. The van der Waals surface area contributed by atoms with E-state index in [2.05, 4.69) is 20.5 Å². The fourth-order valence-electron chi connectivity index (χ4n) is 3.28. The minimum atomic E-state index is -0.294. The van der Waals surface area contributed by atoms with Crippen molar-refractivity contribution in [1.82, 2.24) is 24.5 Å². The van der Waals surface area contributed by atoms with E-state index < -0.39 is 0 Å². The number of benzene rings is 1. The second-order valence-electron chi connectivity index (χ2n) is 6.75. The molecule has 0 spiro atoms. The molecule has 9 heteroatoms. The number of aromatic nitrogens is 5. The molecule has 3 aromatic heterocycles. The van der Waals surface area contributed by atoms with Gasteiger partial charge in [-0.1, -0.05) is 12.1 Å². The summed E-state index contributed by atoms with van der Waals surface area (Å²) in [4.78, 5) is 17.0. The molecule has 0 atom stereocenters. The van der Waals surface area contributed by atoms with Crippen LogP contribution in [0, 0.1) is 12.7 Å². The highest BCUT2D eigenvalue weighted by Crippen LogP contribution is 2.29. The first-order valence-corrected chi connectivity index (χ1v) is 9.53. The summed E-state index contributed by atoms with van der Waals surface area (Å²) >= 11 is 0. The molecule has 1 N–H and O–H groups in total.